The largest absolute Gasteiger partial charge is 1.00 e. The fourth-order valence-electron chi connectivity index (χ4n) is 3.95. The number of benzene rings is 3. The van der Waals surface area contributed by atoms with Crippen LogP contribution in [0.4, 0.5) is 0 Å². The smallest absolute Gasteiger partial charge is 0.267 e. The van der Waals surface area contributed by atoms with Gasteiger partial charge in [-0.25, -0.2) is 0 Å². The summed E-state index contributed by atoms with van der Waals surface area (Å²) >= 11 is 3.56. The molecule has 0 fully saturated rings. The maximum absolute atomic E-state index is 3.56. The first kappa shape index (κ1) is 19.2. The molecule has 140 valence electrons. The molecule has 2 nitrogen and oxygen atoms in total. The second-order valence-electron chi connectivity index (χ2n) is 7.11. The van der Waals surface area contributed by atoms with E-state index in [0.29, 0.717) is 0 Å². The summed E-state index contributed by atoms with van der Waals surface area (Å²) in [7, 11) is 0. The first-order valence-electron chi connectivity index (χ1n) is 9.28. The topological polar surface area (TPSA) is 8.81 Å². The van der Waals surface area contributed by atoms with Crippen molar-refractivity contribution in [2.45, 2.75) is 19.8 Å². The van der Waals surface area contributed by atoms with Crippen molar-refractivity contribution < 1.29 is 21.5 Å². The quantitative estimate of drug-likeness (QED) is 0.378. The van der Waals surface area contributed by atoms with E-state index >= 15 is 0 Å². The molecular weight excluding hydrogens is 476 g/mol. The normalized spacial score (nSPS) is 12.1. The lowest BCUT2D eigenvalue weighted by Crippen LogP contribution is -3.00. The Morgan fingerprint density at radius 2 is 1.57 bits per heavy atom. The van der Waals surface area contributed by atoms with Gasteiger partial charge >= 0.3 is 0 Å². The predicted octanol–water partition coefficient (Wildman–Crippen LogP) is 2.59. The van der Waals surface area contributed by atoms with Gasteiger partial charge in [-0.2, -0.15) is 9.13 Å². The van der Waals surface area contributed by atoms with E-state index in [1.54, 1.807) is 0 Å². The molecule has 0 spiro atoms. The van der Waals surface area contributed by atoms with Gasteiger partial charge in [-0.3, -0.25) is 0 Å². The Bertz CT molecular complexity index is 1130. The summed E-state index contributed by atoms with van der Waals surface area (Å²) in [6.07, 6.45) is 4.39. The van der Waals surface area contributed by atoms with E-state index in [4.69, 9.17) is 0 Å². The highest BCUT2D eigenvalue weighted by molar-refractivity contribution is 9.10. The fraction of sp³-hybridized carbons (Fsp3) is 0.125. The van der Waals surface area contributed by atoms with Gasteiger partial charge < -0.3 is 17.0 Å². The summed E-state index contributed by atoms with van der Waals surface area (Å²) in [4.78, 5) is 0. The van der Waals surface area contributed by atoms with E-state index in [-0.39, 0.29) is 17.0 Å². The molecule has 0 radical (unpaired) electrons. The minimum absolute atomic E-state index is 0. The number of aryl methyl sites for hydroxylation is 2. The number of hydrogen-bond acceptors (Lipinski definition) is 0. The highest BCUT2D eigenvalue weighted by Gasteiger charge is 2.31. The first-order chi connectivity index (χ1) is 13.2. The molecule has 0 saturated carbocycles. The Morgan fingerprint density at radius 1 is 0.857 bits per heavy atom. The lowest BCUT2D eigenvalue weighted by molar-refractivity contribution is -0.606. The van der Waals surface area contributed by atoms with Crippen LogP contribution in [0, 0.1) is 6.92 Å². The van der Waals surface area contributed by atoms with E-state index in [2.05, 4.69) is 111 Å². The van der Waals surface area contributed by atoms with Crippen molar-refractivity contribution in [1.29, 1.82) is 0 Å². The molecule has 3 aromatic carbocycles. The van der Waals surface area contributed by atoms with Crippen molar-refractivity contribution in [2.24, 2.45) is 0 Å². The Kier molecular flexibility index (Phi) is 5.26. The van der Waals surface area contributed by atoms with Gasteiger partial charge in [0, 0.05) is 10.0 Å². The molecule has 0 bridgehead atoms. The van der Waals surface area contributed by atoms with E-state index in [9.17, 15) is 0 Å². The van der Waals surface area contributed by atoms with Gasteiger partial charge in [-0.05, 0) is 61.4 Å². The van der Waals surface area contributed by atoms with Gasteiger partial charge in [0.1, 0.15) is 17.6 Å². The molecule has 0 amide bonds. The van der Waals surface area contributed by atoms with Gasteiger partial charge in [-0.15, -0.1) is 0 Å². The number of fused-ring (bicyclic) bond motifs is 3. The maximum atomic E-state index is 3.56. The summed E-state index contributed by atoms with van der Waals surface area (Å²) in [5, 5.41) is 0. The molecule has 1 aliphatic heterocycles. The predicted molar refractivity (Wildman–Crippen MR) is 113 cm³/mol. The van der Waals surface area contributed by atoms with Crippen molar-refractivity contribution in [3.8, 4) is 22.6 Å². The zero-order valence-corrected chi connectivity index (χ0v) is 18.7. The number of para-hydroxylation sites is 1. The molecule has 28 heavy (non-hydrogen) atoms. The number of rotatable bonds is 2. The highest BCUT2D eigenvalue weighted by atomic mass is 79.9. The standard InChI is InChI=1S/C24H20BrN2.BrH/c1-17-6-13-21(14-7-17)27-23(19-8-11-20(25)12-9-19)16-26-22-5-3-2-4-18(22)10-15-24(26)27;/h2-9,11-14,16H,10,15H2,1H3;1H/q+1;/p-1. The van der Waals surface area contributed by atoms with Gasteiger partial charge in [0.05, 0.1) is 6.42 Å². The third kappa shape index (κ3) is 3.25. The Balaban J connectivity index is 0.00000192. The van der Waals surface area contributed by atoms with Gasteiger partial charge in [0.2, 0.25) is 0 Å². The molecule has 0 saturated heterocycles. The first-order valence-corrected chi connectivity index (χ1v) is 10.1. The summed E-state index contributed by atoms with van der Waals surface area (Å²) in [5.41, 5.74) is 7.65. The molecule has 0 atom stereocenters. The SMILES string of the molecule is Cc1ccc(-n2c(-c3ccc(Br)cc3)c[n+]3c2CCc2ccccc2-3)cc1.[Br-]. The zero-order chi connectivity index (χ0) is 18.4. The lowest BCUT2D eigenvalue weighted by Gasteiger charge is -2.14. The lowest BCUT2D eigenvalue weighted by atomic mass is 10.0. The third-order valence-corrected chi connectivity index (χ3v) is 5.86. The van der Waals surface area contributed by atoms with Crippen LogP contribution in [0.15, 0.2) is 83.5 Å². The van der Waals surface area contributed by atoms with Gasteiger partial charge in [-0.1, -0.05) is 51.8 Å². The summed E-state index contributed by atoms with van der Waals surface area (Å²) in [6.45, 7) is 2.13. The van der Waals surface area contributed by atoms with Crippen LogP contribution in [0.1, 0.15) is 17.0 Å². The van der Waals surface area contributed by atoms with Crippen LogP contribution in [0.5, 0.6) is 0 Å². The highest BCUT2D eigenvalue weighted by Crippen LogP contribution is 2.29. The van der Waals surface area contributed by atoms with Crippen molar-refractivity contribution in [1.82, 2.24) is 4.57 Å². The molecule has 4 aromatic rings. The van der Waals surface area contributed by atoms with Crippen LogP contribution in [-0.4, -0.2) is 4.57 Å². The number of hydrogen-bond donors (Lipinski definition) is 0. The second kappa shape index (κ2) is 7.69. The number of imidazole rings is 1. The zero-order valence-electron chi connectivity index (χ0n) is 15.6. The molecule has 5 rings (SSSR count). The molecule has 1 aromatic heterocycles. The molecule has 0 aliphatic carbocycles. The van der Waals surface area contributed by atoms with Crippen LogP contribution in [0.3, 0.4) is 0 Å². The summed E-state index contributed by atoms with van der Waals surface area (Å²) in [5.74, 6) is 1.33. The second-order valence-corrected chi connectivity index (χ2v) is 8.02. The van der Waals surface area contributed by atoms with E-state index in [1.165, 1.54) is 39.6 Å². The minimum atomic E-state index is 0. The molecular formula is C24H20Br2N2. The Labute approximate surface area is 184 Å². The Hall–Kier alpha value is -2.17. The summed E-state index contributed by atoms with van der Waals surface area (Å²) in [6, 6.07) is 26.1. The Morgan fingerprint density at radius 3 is 2.32 bits per heavy atom. The van der Waals surface area contributed by atoms with Crippen LogP contribution < -0.4 is 21.5 Å². The summed E-state index contributed by atoms with van der Waals surface area (Å²) < 4.78 is 5.89. The molecule has 4 heteroatoms. The van der Waals surface area contributed by atoms with Crippen LogP contribution in [0.25, 0.3) is 22.6 Å². The van der Waals surface area contributed by atoms with Crippen LogP contribution in [0.2, 0.25) is 0 Å². The van der Waals surface area contributed by atoms with Gasteiger partial charge in [0.15, 0.2) is 5.69 Å². The van der Waals surface area contributed by atoms with E-state index in [0.717, 1.165) is 17.3 Å². The fourth-order valence-corrected chi connectivity index (χ4v) is 4.22. The van der Waals surface area contributed by atoms with E-state index in [1.807, 2.05) is 0 Å². The molecule has 0 unspecified atom stereocenters. The maximum Gasteiger partial charge on any atom is 0.267 e. The van der Waals surface area contributed by atoms with Crippen molar-refractivity contribution >= 4 is 15.9 Å². The van der Waals surface area contributed by atoms with Crippen molar-refractivity contribution in [3.05, 3.63) is 100 Å². The minimum Gasteiger partial charge on any atom is -1.00 e. The van der Waals surface area contributed by atoms with Crippen molar-refractivity contribution in [3.63, 3.8) is 0 Å². The third-order valence-electron chi connectivity index (χ3n) is 5.33. The number of halogens is 2. The van der Waals surface area contributed by atoms with Crippen molar-refractivity contribution in [2.75, 3.05) is 0 Å². The monoisotopic (exact) mass is 494 g/mol. The van der Waals surface area contributed by atoms with Crippen LogP contribution >= 0.6 is 15.9 Å². The van der Waals surface area contributed by atoms with E-state index < -0.39 is 0 Å². The molecule has 1 aliphatic rings. The number of nitrogens with zero attached hydrogens (tertiary/aromatic N) is 2. The number of aromatic nitrogens is 2. The molecule has 2 heterocycles. The average molecular weight is 496 g/mol. The van der Waals surface area contributed by atoms with Crippen LogP contribution in [-0.2, 0) is 12.8 Å². The molecule has 0 N–H and O–H groups in total. The van der Waals surface area contributed by atoms with Gasteiger partial charge in [0.25, 0.3) is 5.82 Å². The average Bonchev–Trinajstić information content (AvgIpc) is 3.09.